The molecular formula is C23H20F2N6O4S. The monoisotopic (exact) mass is 514 g/mol. The van der Waals surface area contributed by atoms with Gasteiger partial charge in [0.05, 0.1) is 23.2 Å². The normalized spacial score (nSPS) is 13.7. The lowest BCUT2D eigenvalue weighted by atomic mass is 9.86. The first kappa shape index (κ1) is 24.9. The molecule has 36 heavy (non-hydrogen) atoms. The van der Waals surface area contributed by atoms with Crippen LogP contribution < -0.4 is 11.1 Å². The van der Waals surface area contributed by atoms with Crippen molar-refractivity contribution in [3.63, 3.8) is 0 Å². The van der Waals surface area contributed by atoms with Crippen molar-refractivity contribution < 1.29 is 23.6 Å². The van der Waals surface area contributed by atoms with Crippen molar-refractivity contribution in [3.8, 4) is 10.4 Å². The second-order valence-electron chi connectivity index (χ2n) is 8.04. The Morgan fingerprint density at radius 2 is 2.00 bits per heavy atom. The number of nitrogen functional groups attached to an aromatic ring is 1. The molecule has 2 atom stereocenters. The van der Waals surface area contributed by atoms with Crippen LogP contribution in [0.4, 0.5) is 20.2 Å². The number of amides is 1. The van der Waals surface area contributed by atoms with Gasteiger partial charge in [0.15, 0.2) is 0 Å². The fraction of sp³-hybridized carbons (Fsp3) is 0.174. The molecule has 1 amide bonds. The molecule has 4 N–H and O–H groups in total. The summed E-state index contributed by atoms with van der Waals surface area (Å²) in [4.78, 5) is 28.0. The zero-order valence-corrected chi connectivity index (χ0v) is 19.6. The number of non-ortho nitro benzene ring substituents is 1. The lowest BCUT2D eigenvalue weighted by Gasteiger charge is -2.35. The number of nitro benzene ring substituents is 1. The third kappa shape index (κ3) is 4.92. The summed E-state index contributed by atoms with van der Waals surface area (Å²) in [6, 6.07) is 9.01. The van der Waals surface area contributed by atoms with Crippen molar-refractivity contribution in [1.82, 2.24) is 20.1 Å². The lowest BCUT2D eigenvalue weighted by Crippen LogP contribution is -2.51. The number of benzene rings is 2. The van der Waals surface area contributed by atoms with Crippen LogP contribution >= 0.6 is 11.3 Å². The number of nitrogens with one attached hydrogen (secondary N) is 1. The van der Waals surface area contributed by atoms with E-state index in [1.54, 1.807) is 18.2 Å². The molecule has 0 aliphatic carbocycles. The quantitative estimate of drug-likeness (QED) is 0.241. The van der Waals surface area contributed by atoms with Gasteiger partial charge >= 0.3 is 0 Å². The fourth-order valence-corrected chi connectivity index (χ4v) is 4.70. The SMILES string of the molecule is C[C@@H](NC(=O)c1sc(-c2ccc([N+](=O)[O-])cc2)cc1N)[C@](O)(Cn1cncn1)c1ccc(F)cc1F. The molecule has 0 saturated carbocycles. The van der Waals surface area contributed by atoms with Crippen molar-refractivity contribution in [2.24, 2.45) is 0 Å². The van der Waals surface area contributed by atoms with Crippen LogP contribution in [0.15, 0.2) is 61.2 Å². The van der Waals surface area contributed by atoms with Gasteiger partial charge in [-0.15, -0.1) is 11.3 Å². The third-order valence-electron chi connectivity index (χ3n) is 5.66. The van der Waals surface area contributed by atoms with Crippen molar-refractivity contribution in [2.45, 2.75) is 25.1 Å². The number of hydrogen-bond acceptors (Lipinski definition) is 8. The van der Waals surface area contributed by atoms with E-state index in [-0.39, 0.29) is 28.4 Å². The van der Waals surface area contributed by atoms with Gasteiger partial charge in [-0.25, -0.2) is 18.4 Å². The van der Waals surface area contributed by atoms with Crippen molar-refractivity contribution >= 4 is 28.6 Å². The van der Waals surface area contributed by atoms with Gasteiger partial charge in [0.1, 0.15) is 34.8 Å². The standard InChI is InChI=1S/C23H20F2N6O4S/c1-13(23(33,10-30-12-27-11-28-30)17-7-4-15(24)8-18(17)25)29-22(32)21-19(26)9-20(36-21)14-2-5-16(6-3-14)31(34)35/h2-9,11-13,33H,10,26H2,1H3,(H,29,32)/t13-,23-/m1/s1. The minimum absolute atomic E-state index is 0.0743. The summed E-state index contributed by atoms with van der Waals surface area (Å²) >= 11 is 1.05. The third-order valence-corrected chi connectivity index (χ3v) is 6.86. The summed E-state index contributed by atoms with van der Waals surface area (Å²) in [6.07, 6.45) is 2.55. The van der Waals surface area contributed by atoms with Crippen LogP contribution in [0, 0.1) is 21.7 Å². The summed E-state index contributed by atoms with van der Waals surface area (Å²) in [7, 11) is 0. The van der Waals surface area contributed by atoms with E-state index in [9.17, 15) is 28.8 Å². The van der Waals surface area contributed by atoms with Gasteiger partial charge in [0.25, 0.3) is 11.6 Å². The minimum Gasteiger partial charge on any atom is -0.397 e. The van der Waals surface area contributed by atoms with E-state index < -0.39 is 34.1 Å². The number of halogens is 2. The fourth-order valence-electron chi connectivity index (χ4n) is 3.71. The molecule has 2 heterocycles. The Morgan fingerprint density at radius 3 is 2.61 bits per heavy atom. The Hall–Kier alpha value is -4.23. The molecule has 0 unspecified atom stereocenters. The molecule has 0 bridgehead atoms. The van der Waals surface area contributed by atoms with Gasteiger partial charge in [0, 0.05) is 28.6 Å². The molecule has 4 rings (SSSR count). The number of carbonyl (C=O) groups is 1. The van der Waals surface area contributed by atoms with Crippen molar-refractivity contribution in [2.75, 3.05) is 5.73 Å². The number of aromatic nitrogens is 3. The second-order valence-corrected chi connectivity index (χ2v) is 9.09. The van der Waals surface area contributed by atoms with E-state index >= 15 is 0 Å². The predicted octanol–water partition coefficient (Wildman–Crippen LogP) is 3.48. The van der Waals surface area contributed by atoms with Crippen LogP contribution in [0.25, 0.3) is 10.4 Å². The van der Waals surface area contributed by atoms with Gasteiger partial charge in [-0.2, -0.15) is 5.10 Å². The van der Waals surface area contributed by atoms with Crippen LogP contribution in [0.3, 0.4) is 0 Å². The van der Waals surface area contributed by atoms with E-state index in [1.165, 1.54) is 36.4 Å². The summed E-state index contributed by atoms with van der Waals surface area (Å²) < 4.78 is 29.5. The maximum absolute atomic E-state index is 14.7. The molecule has 2 aromatic heterocycles. The van der Waals surface area contributed by atoms with Crippen molar-refractivity contribution in [1.29, 1.82) is 0 Å². The van der Waals surface area contributed by atoms with Gasteiger partial charge in [-0.3, -0.25) is 14.9 Å². The van der Waals surface area contributed by atoms with E-state index in [1.807, 2.05) is 0 Å². The van der Waals surface area contributed by atoms with Gasteiger partial charge in [-0.1, -0.05) is 6.07 Å². The Kier molecular flexibility index (Phi) is 6.77. The topological polar surface area (TPSA) is 149 Å². The summed E-state index contributed by atoms with van der Waals surface area (Å²) in [5.74, 6) is -2.44. The van der Waals surface area contributed by atoms with Gasteiger partial charge < -0.3 is 16.2 Å². The Bertz CT molecular complexity index is 1410. The number of nitrogens with two attached hydrogens (primary N) is 1. The molecule has 0 saturated heterocycles. The first-order chi connectivity index (χ1) is 17.1. The number of thiophene rings is 1. The Morgan fingerprint density at radius 1 is 1.28 bits per heavy atom. The van der Waals surface area contributed by atoms with E-state index in [4.69, 9.17) is 5.73 Å². The largest absolute Gasteiger partial charge is 0.397 e. The van der Waals surface area contributed by atoms with Crippen LogP contribution in [-0.2, 0) is 12.1 Å². The zero-order chi connectivity index (χ0) is 26.0. The second kappa shape index (κ2) is 9.79. The lowest BCUT2D eigenvalue weighted by molar-refractivity contribution is -0.384. The molecule has 186 valence electrons. The number of nitro groups is 1. The molecule has 0 fully saturated rings. The number of aliphatic hydroxyl groups is 1. The van der Waals surface area contributed by atoms with Crippen LogP contribution in [0.2, 0.25) is 0 Å². The highest BCUT2D eigenvalue weighted by Crippen LogP contribution is 2.35. The molecular weight excluding hydrogens is 494 g/mol. The van der Waals surface area contributed by atoms with E-state index in [0.717, 1.165) is 23.5 Å². The van der Waals surface area contributed by atoms with Crippen LogP contribution in [0.5, 0.6) is 0 Å². The summed E-state index contributed by atoms with van der Waals surface area (Å²) in [6.45, 7) is 1.18. The molecule has 0 aliphatic heterocycles. The van der Waals surface area contributed by atoms with E-state index in [0.29, 0.717) is 16.5 Å². The average molecular weight is 515 g/mol. The van der Waals surface area contributed by atoms with Crippen LogP contribution in [-0.4, -0.2) is 36.7 Å². The average Bonchev–Trinajstić information content (AvgIpc) is 3.48. The highest BCUT2D eigenvalue weighted by atomic mass is 32.1. The maximum atomic E-state index is 14.7. The molecule has 4 aromatic rings. The maximum Gasteiger partial charge on any atom is 0.269 e. The van der Waals surface area contributed by atoms with Crippen LogP contribution in [0.1, 0.15) is 22.2 Å². The smallest absolute Gasteiger partial charge is 0.269 e. The molecule has 0 radical (unpaired) electrons. The summed E-state index contributed by atoms with van der Waals surface area (Å²) in [5, 5.41) is 29.0. The number of rotatable bonds is 8. The van der Waals surface area contributed by atoms with Gasteiger partial charge in [0.2, 0.25) is 0 Å². The van der Waals surface area contributed by atoms with Crippen molar-refractivity contribution in [3.05, 3.63) is 93.4 Å². The number of anilines is 1. The highest BCUT2D eigenvalue weighted by molar-refractivity contribution is 7.18. The minimum atomic E-state index is -2.03. The first-order valence-corrected chi connectivity index (χ1v) is 11.4. The molecule has 13 heteroatoms. The number of nitrogens with zero attached hydrogens (tertiary/aromatic N) is 4. The van der Waals surface area contributed by atoms with E-state index in [2.05, 4.69) is 15.4 Å². The van der Waals surface area contributed by atoms with Gasteiger partial charge in [-0.05, 0) is 36.8 Å². The number of carbonyl (C=O) groups excluding carboxylic acids is 1. The molecule has 0 aliphatic rings. The molecule has 10 nitrogen and oxygen atoms in total. The molecule has 2 aromatic carbocycles. The molecule has 0 spiro atoms. The first-order valence-electron chi connectivity index (χ1n) is 10.5. The number of hydrogen-bond donors (Lipinski definition) is 3. The Labute approximate surface area is 207 Å². The highest BCUT2D eigenvalue weighted by Gasteiger charge is 2.40. The zero-order valence-electron chi connectivity index (χ0n) is 18.8. The Balaban J connectivity index is 1.61. The predicted molar refractivity (Wildman–Crippen MR) is 128 cm³/mol. The summed E-state index contributed by atoms with van der Waals surface area (Å²) in [5.41, 5.74) is 4.50.